The molecule has 0 radical (unpaired) electrons. The molecule has 4 rings (SSSR count). The van der Waals surface area contributed by atoms with Crippen molar-refractivity contribution in [2.45, 2.75) is 19.8 Å². The summed E-state index contributed by atoms with van der Waals surface area (Å²) in [5.74, 6) is 1.27. The Labute approximate surface area is 157 Å². The van der Waals surface area contributed by atoms with Gasteiger partial charge in [-0.1, -0.05) is 12.1 Å². The van der Waals surface area contributed by atoms with Gasteiger partial charge in [-0.2, -0.15) is 5.10 Å². The van der Waals surface area contributed by atoms with Crippen molar-refractivity contribution >= 4 is 11.6 Å². The number of rotatable bonds is 5. The summed E-state index contributed by atoms with van der Waals surface area (Å²) in [6, 6.07) is 13.4. The van der Waals surface area contributed by atoms with Gasteiger partial charge < -0.3 is 14.8 Å². The van der Waals surface area contributed by atoms with Crippen LogP contribution in [0.25, 0.3) is 11.3 Å². The smallest absolute Gasteiger partial charge is 0.274 e. The minimum Gasteiger partial charge on any atom is -0.497 e. The maximum Gasteiger partial charge on any atom is 0.274 e. The van der Waals surface area contributed by atoms with Gasteiger partial charge in [0.15, 0.2) is 0 Å². The van der Waals surface area contributed by atoms with Gasteiger partial charge in [-0.05, 0) is 55.7 Å². The van der Waals surface area contributed by atoms with Crippen LogP contribution in [0, 0.1) is 0 Å². The van der Waals surface area contributed by atoms with Crippen LogP contribution in [0.1, 0.15) is 28.5 Å². The maximum absolute atomic E-state index is 12.9. The van der Waals surface area contributed by atoms with Crippen LogP contribution in [-0.4, -0.2) is 29.8 Å². The Morgan fingerprint density at radius 3 is 2.89 bits per heavy atom. The monoisotopic (exact) mass is 363 g/mol. The number of ether oxygens (including phenoxy) is 2. The Kier molecular flexibility index (Phi) is 4.54. The number of nitrogens with one attached hydrogen (secondary N) is 2. The summed E-state index contributed by atoms with van der Waals surface area (Å²) >= 11 is 0. The summed E-state index contributed by atoms with van der Waals surface area (Å²) < 4.78 is 10.9. The first kappa shape index (κ1) is 17.1. The summed E-state index contributed by atoms with van der Waals surface area (Å²) in [5, 5.41) is 10.3. The van der Waals surface area contributed by atoms with Gasteiger partial charge in [-0.25, -0.2) is 0 Å². The van der Waals surface area contributed by atoms with Gasteiger partial charge in [0.05, 0.1) is 25.1 Å². The van der Waals surface area contributed by atoms with E-state index in [0.29, 0.717) is 23.7 Å². The predicted molar refractivity (Wildman–Crippen MR) is 104 cm³/mol. The zero-order chi connectivity index (χ0) is 18.8. The van der Waals surface area contributed by atoms with Crippen LogP contribution in [0.3, 0.4) is 0 Å². The highest BCUT2D eigenvalue weighted by molar-refractivity contribution is 6.05. The van der Waals surface area contributed by atoms with E-state index in [0.717, 1.165) is 35.4 Å². The van der Waals surface area contributed by atoms with Crippen molar-refractivity contribution in [2.75, 3.05) is 19.0 Å². The number of methoxy groups -OCH3 is 1. The second-order valence-corrected chi connectivity index (χ2v) is 6.33. The molecule has 0 atom stereocenters. The average Bonchev–Trinajstić information content (AvgIpc) is 3.14. The van der Waals surface area contributed by atoms with E-state index < -0.39 is 0 Å². The zero-order valence-electron chi connectivity index (χ0n) is 15.3. The van der Waals surface area contributed by atoms with Crippen LogP contribution in [0.15, 0.2) is 42.5 Å². The van der Waals surface area contributed by atoms with E-state index >= 15 is 0 Å². The van der Waals surface area contributed by atoms with Crippen molar-refractivity contribution in [1.82, 2.24) is 10.2 Å². The quantitative estimate of drug-likeness (QED) is 0.722. The third-order valence-electron chi connectivity index (χ3n) is 4.74. The third kappa shape index (κ3) is 3.14. The summed E-state index contributed by atoms with van der Waals surface area (Å²) in [7, 11) is 1.66. The number of hydrogen-bond donors (Lipinski definition) is 2. The van der Waals surface area contributed by atoms with Gasteiger partial charge in [0.2, 0.25) is 0 Å². The highest BCUT2D eigenvalue weighted by Crippen LogP contribution is 2.36. The Morgan fingerprint density at radius 2 is 2.07 bits per heavy atom. The summed E-state index contributed by atoms with van der Waals surface area (Å²) in [6.45, 7) is 2.45. The number of amides is 1. The Balaban J connectivity index is 1.63. The largest absolute Gasteiger partial charge is 0.497 e. The molecule has 0 unspecified atom stereocenters. The molecule has 2 N–H and O–H groups in total. The molecule has 6 heteroatoms. The summed E-state index contributed by atoms with van der Waals surface area (Å²) in [5.41, 5.74) is 5.15. The number of H-pyrrole nitrogens is 1. The molecule has 1 heterocycles. The van der Waals surface area contributed by atoms with Crippen LogP contribution in [0.2, 0.25) is 0 Å². The first-order valence-electron chi connectivity index (χ1n) is 8.99. The molecule has 27 heavy (non-hydrogen) atoms. The van der Waals surface area contributed by atoms with Gasteiger partial charge in [0.1, 0.15) is 17.2 Å². The maximum atomic E-state index is 12.9. The van der Waals surface area contributed by atoms with E-state index in [1.165, 1.54) is 5.56 Å². The molecule has 138 valence electrons. The van der Waals surface area contributed by atoms with Crippen LogP contribution in [-0.2, 0) is 12.8 Å². The Hall–Kier alpha value is -3.28. The number of anilines is 1. The fourth-order valence-electron chi connectivity index (χ4n) is 3.45. The van der Waals surface area contributed by atoms with Crippen molar-refractivity contribution < 1.29 is 14.3 Å². The molecule has 1 amide bonds. The Bertz CT molecular complexity index is 994. The molecule has 0 spiro atoms. The number of fused-ring (bicyclic) bond motifs is 3. The van der Waals surface area contributed by atoms with Crippen LogP contribution >= 0.6 is 0 Å². The highest BCUT2D eigenvalue weighted by atomic mass is 16.5. The van der Waals surface area contributed by atoms with Crippen molar-refractivity contribution in [3.63, 3.8) is 0 Å². The molecule has 6 nitrogen and oxygen atoms in total. The lowest BCUT2D eigenvalue weighted by Crippen LogP contribution is -2.16. The average molecular weight is 363 g/mol. The molecule has 1 aromatic heterocycles. The first-order valence-corrected chi connectivity index (χ1v) is 8.99. The molecule has 0 saturated heterocycles. The molecule has 1 aliphatic rings. The van der Waals surface area contributed by atoms with Crippen LogP contribution in [0.4, 0.5) is 5.69 Å². The van der Waals surface area contributed by atoms with Gasteiger partial charge in [0.25, 0.3) is 5.91 Å². The minimum absolute atomic E-state index is 0.215. The SMILES string of the molecule is CCOc1ccccc1NC(=O)c1[nH]nc2c1CCc1cc(OC)ccc1-2. The summed E-state index contributed by atoms with van der Waals surface area (Å²) in [4.78, 5) is 12.9. The first-order chi connectivity index (χ1) is 13.2. The van der Waals surface area contributed by atoms with E-state index in [4.69, 9.17) is 9.47 Å². The molecule has 0 aliphatic heterocycles. The van der Waals surface area contributed by atoms with Gasteiger partial charge in [-0.15, -0.1) is 0 Å². The van der Waals surface area contributed by atoms with Gasteiger partial charge >= 0.3 is 0 Å². The van der Waals surface area contributed by atoms with E-state index in [-0.39, 0.29) is 5.91 Å². The molecule has 0 fully saturated rings. The van der Waals surface area contributed by atoms with Crippen LogP contribution in [0.5, 0.6) is 11.5 Å². The van der Waals surface area contributed by atoms with Crippen molar-refractivity contribution in [3.05, 3.63) is 59.3 Å². The molecule has 1 aliphatic carbocycles. The van der Waals surface area contributed by atoms with Crippen molar-refractivity contribution in [1.29, 1.82) is 0 Å². The van der Waals surface area contributed by atoms with E-state index in [1.54, 1.807) is 7.11 Å². The lowest BCUT2D eigenvalue weighted by molar-refractivity contribution is 0.102. The number of aryl methyl sites for hydroxylation is 1. The lowest BCUT2D eigenvalue weighted by Gasteiger charge is -2.17. The van der Waals surface area contributed by atoms with E-state index in [1.807, 2.05) is 49.4 Å². The second kappa shape index (κ2) is 7.15. The zero-order valence-corrected chi connectivity index (χ0v) is 15.3. The van der Waals surface area contributed by atoms with Gasteiger partial charge in [-0.3, -0.25) is 9.89 Å². The standard InChI is InChI=1S/C21H21N3O3/c1-3-27-18-7-5-4-6-17(18)22-21(25)20-16-10-8-13-12-14(26-2)9-11-15(13)19(16)23-24-20/h4-7,9,11-12H,3,8,10H2,1-2H3,(H,22,25)(H,23,24). The minimum atomic E-state index is -0.215. The number of hydrogen-bond acceptors (Lipinski definition) is 4. The molecule has 0 saturated carbocycles. The van der Waals surface area contributed by atoms with E-state index in [2.05, 4.69) is 15.5 Å². The summed E-state index contributed by atoms with van der Waals surface area (Å²) in [6.07, 6.45) is 1.59. The number of carbonyl (C=O) groups excluding carboxylic acids is 1. The van der Waals surface area contributed by atoms with E-state index in [9.17, 15) is 4.79 Å². The molecular weight excluding hydrogens is 342 g/mol. The normalized spacial score (nSPS) is 12.1. The molecule has 0 bridgehead atoms. The topological polar surface area (TPSA) is 76.2 Å². The molecule has 2 aromatic carbocycles. The number of carbonyl (C=O) groups is 1. The van der Waals surface area contributed by atoms with Crippen LogP contribution < -0.4 is 14.8 Å². The number of para-hydroxylation sites is 2. The fourth-order valence-corrected chi connectivity index (χ4v) is 3.45. The molecular formula is C21H21N3O3. The van der Waals surface area contributed by atoms with Crippen molar-refractivity contribution in [2.24, 2.45) is 0 Å². The highest BCUT2D eigenvalue weighted by Gasteiger charge is 2.26. The predicted octanol–water partition coefficient (Wildman–Crippen LogP) is 3.83. The second-order valence-electron chi connectivity index (χ2n) is 6.33. The Morgan fingerprint density at radius 1 is 1.22 bits per heavy atom. The fraction of sp³-hybridized carbons (Fsp3) is 0.238. The number of aromatic amines is 1. The van der Waals surface area contributed by atoms with Gasteiger partial charge in [0, 0.05) is 11.1 Å². The molecule has 3 aromatic rings. The van der Waals surface area contributed by atoms with Crippen molar-refractivity contribution in [3.8, 4) is 22.8 Å². The number of benzene rings is 2. The number of nitrogens with zero attached hydrogens (tertiary/aromatic N) is 1. The lowest BCUT2D eigenvalue weighted by atomic mass is 9.89. The number of aromatic nitrogens is 2. The third-order valence-corrected chi connectivity index (χ3v) is 4.74.